The fourth-order valence-electron chi connectivity index (χ4n) is 0. The van der Waals surface area contributed by atoms with E-state index in [1.807, 2.05) is 0 Å². The average Bonchev–Trinajstić information content (AvgIpc) is 0. The first-order valence-corrected chi connectivity index (χ1v) is 0. The molecule has 0 amide bonds. The average molecular weight is 150 g/mol. The smallest absolute Gasteiger partial charge is 0 e. The largest absolute Gasteiger partial charge is 0.412 e. The van der Waals surface area contributed by atoms with Gasteiger partial charge in [-0.25, -0.2) is 0 Å². The number of hydrogen-bond acceptors (Lipinski definition) is 0. The summed E-state index contributed by atoms with van der Waals surface area (Å²) in [6, 6.07) is 0. The second kappa shape index (κ2) is 42.4. The molecule has 4 nitrogen and oxygen atoms in total. The van der Waals surface area contributed by atoms with E-state index in [4.69, 9.17) is 0 Å². The van der Waals surface area contributed by atoms with Crippen LogP contribution in [0.2, 0.25) is 0 Å². The van der Waals surface area contributed by atoms with Crippen molar-refractivity contribution in [2.45, 2.75) is 0 Å². The molecule has 0 aromatic heterocycles. The summed E-state index contributed by atoms with van der Waals surface area (Å²) in [7, 11) is 0. The zero-order valence-electron chi connectivity index (χ0n) is 4.00. The van der Waals surface area contributed by atoms with Crippen molar-refractivity contribution in [1.29, 1.82) is 0 Å². The van der Waals surface area contributed by atoms with Crippen molar-refractivity contribution in [3.05, 3.63) is 0 Å². The molecule has 0 bridgehead atoms. The van der Waals surface area contributed by atoms with Crippen LogP contribution in [0.4, 0.5) is 0 Å². The molecule has 0 spiro atoms. The maximum Gasteiger partial charge on any atom is 0 e. The van der Waals surface area contributed by atoms with Crippen LogP contribution in [-0.2, 0) is 0 Å². The van der Waals surface area contributed by atoms with E-state index in [0.29, 0.717) is 0 Å². The minimum Gasteiger partial charge on any atom is -0.412 e. The maximum absolute atomic E-state index is 0. The Balaban J connectivity index is 0. The van der Waals surface area contributed by atoms with Crippen molar-refractivity contribution < 1.29 is 21.9 Å². The molecule has 0 aliphatic carbocycles. The molecule has 6 heavy (non-hydrogen) atoms. The molecule has 0 fully saturated rings. The number of rotatable bonds is 0. The minimum atomic E-state index is 0. The molecule has 34 valence electrons. The van der Waals surface area contributed by atoms with E-state index in [-0.39, 0.29) is 125 Å². The van der Waals surface area contributed by atoms with E-state index in [1.54, 1.807) is 0 Å². The van der Waals surface area contributed by atoms with Crippen LogP contribution in [0.5, 0.6) is 0 Å². The van der Waals surface area contributed by atoms with Crippen LogP contribution in [0.25, 0.3) is 0 Å². The minimum absolute atomic E-state index is 0. The standard InChI is InChI=1S/2K.4H2O/h;;4*1H2. The first-order valence-electron chi connectivity index (χ1n) is 0. The van der Waals surface area contributed by atoms with E-state index in [0.717, 1.165) is 0 Å². The van der Waals surface area contributed by atoms with Gasteiger partial charge < -0.3 is 21.9 Å². The SMILES string of the molecule is O.O.O.O.[K].[K]. The van der Waals surface area contributed by atoms with Gasteiger partial charge in [0.25, 0.3) is 0 Å². The van der Waals surface area contributed by atoms with Gasteiger partial charge in [-0.05, 0) is 0 Å². The second-order valence-electron chi connectivity index (χ2n) is 0. The van der Waals surface area contributed by atoms with Gasteiger partial charge in [0.05, 0.1) is 0 Å². The van der Waals surface area contributed by atoms with Crippen LogP contribution in [0.15, 0.2) is 0 Å². The fourth-order valence-corrected chi connectivity index (χ4v) is 0. The van der Waals surface area contributed by atoms with E-state index in [9.17, 15) is 0 Å². The van der Waals surface area contributed by atoms with Crippen LogP contribution in [0.1, 0.15) is 0 Å². The van der Waals surface area contributed by atoms with Gasteiger partial charge in [0.1, 0.15) is 0 Å². The summed E-state index contributed by atoms with van der Waals surface area (Å²) in [6.45, 7) is 0. The van der Waals surface area contributed by atoms with E-state index < -0.39 is 0 Å². The Morgan fingerprint density at radius 2 is 0.333 bits per heavy atom. The maximum atomic E-state index is 0. The predicted molar refractivity (Wildman–Crippen MR) is 26.0 cm³/mol. The van der Waals surface area contributed by atoms with Crippen LogP contribution < -0.4 is 0 Å². The summed E-state index contributed by atoms with van der Waals surface area (Å²) in [4.78, 5) is 0. The Morgan fingerprint density at radius 3 is 0.333 bits per heavy atom. The molecule has 0 aromatic carbocycles. The number of hydrogen-bond donors (Lipinski definition) is 0. The molecule has 0 aliphatic rings. The molecule has 6 heteroatoms. The fraction of sp³-hybridized carbons (Fsp3) is 0. The third-order valence-electron chi connectivity index (χ3n) is 0. The van der Waals surface area contributed by atoms with E-state index in [2.05, 4.69) is 0 Å². The van der Waals surface area contributed by atoms with Crippen LogP contribution in [0.3, 0.4) is 0 Å². The molecule has 2 radical (unpaired) electrons. The Labute approximate surface area is 121 Å². The van der Waals surface area contributed by atoms with Gasteiger partial charge in [0.15, 0.2) is 0 Å². The molecule has 0 aliphatic heterocycles. The van der Waals surface area contributed by atoms with Gasteiger partial charge in [0.2, 0.25) is 0 Å². The molecular weight excluding hydrogens is 142 g/mol. The summed E-state index contributed by atoms with van der Waals surface area (Å²) in [5, 5.41) is 0. The summed E-state index contributed by atoms with van der Waals surface area (Å²) in [5.74, 6) is 0. The van der Waals surface area contributed by atoms with Crippen molar-refractivity contribution in [3.63, 3.8) is 0 Å². The first kappa shape index (κ1) is 61.9. The monoisotopic (exact) mass is 150 g/mol. The van der Waals surface area contributed by atoms with Crippen LogP contribution in [0, 0.1) is 0 Å². The molecule has 8 N–H and O–H groups in total. The van der Waals surface area contributed by atoms with E-state index in [1.165, 1.54) is 0 Å². The van der Waals surface area contributed by atoms with Gasteiger partial charge in [-0.1, -0.05) is 0 Å². The second-order valence-corrected chi connectivity index (χ2v) is 0. The third kappa shape index (κ3) is 27.4. The normalized spacial score (nSPS) is 0. The zero-order valence-corrected chi connectivity index (χ0v) is 10.2. The van der Waals surface area contributed by atoms with Crippen molar-refractivity contribution in [2.24, 2.45) is 0 Å². The van der Waals surface area contributed by atoms with Crippen molar-refractivity contribution in [1.82, 2.24) is 0 Å². The van der Waals surface area contributed by atoms with Gasteiger partial charge in [-0.15, -0.1) is 0 Å². The first-order chi connectivity index (χ1) is 0. The molecule has 0 saturated carbocycles. The van der Waals surface area contributed by atoms with Crippen molar-refractivity contribution in [3.8, 4) is 0 Å². The third-order valence-corrected chi connectivity index (χ3v) is 0. The zero-order chi connectivity index (χ0) is 0. The molecule has 0 aromatic rings. The van der Waals surface area contributed by atoms with Gasteiger partial charge in [-0.2, -0.15) is 0 Å². The van der Waals surface area contributed by atoms with E-state index >= 15 is 0 Å². The van der Waals surface area contributed by atoms with Gasteiger partial charge >= 0.3 is 0 Å². The van der Waals surface area contributed by atoms with Gasteiger partial charge in [0, 0.05) is 103 Å². The Kier molecular flexibility index (Phi) is 437. The summed E-state index contributed by atoms with van der Waals surface area (Å²) < 4.78 is 0. The Bertz CT molecular complexity index is 5.51. The quantitative estimate of drug-likeness (QED) is 0.311. The Morgan fingerprint density at radius 1 is 0.333 bits per heavy atom. The molecule has 0 atom stereocenters. The Hall–Kier alpha value is 3.11. The van der Waals surface area contributed by atoms with Crippen LogP contribution >= 0.6 is 0 Å². The molecule has 0 heterocycles. The molecule has 0 unspecified atom stereocenters. The molecule has 0 rings (SSSR count). The van der Waals surface area contributed by atoms with Crippen molar-refractivity contribution >= 4 is 103 Å². The van der Waals surface area contributed by atoms with Crippen LogP contribution in [-0.4, -0.2) is 125 Å². The summed E-state index contributed by atoms with van der Waals surface area (Å²) >= 11 is 0. The predicted octanol–water partition coefficient (Wildman–Crippen LogP) is -4.06. The molecular formula is H8K2O4. The topological polar surface area (TPSA) is 126 Å². The van der Waals surface area contributed by atoms with Crippen molar-refractivity contribution in [2.75, 3.05) is 0 Å². The summed E-state index contributed by atoms with van der Waals surface area (Å²) in [6.07, 6.45) is 0. The van der Waals surface area contributed by atoms with Gasteiger partial charge in [-0.3, -0.25) is 0 Å². The molecule has 0 saturated heterocycles. The summed E-state index contributed by atoms with van der Waals surface area (Å²) in [5.41, 5.74) is 0.